The Bertz CT molecular complexity index is 850. The van der Waals surface area contributed by atoms with E-state index in [9.17, 15) is 5.11 Å². The number of nitrogens with zero attached hydrogens (tertiary/aromatic N) is 1. The van der Waals surface area contributed by atoms with Crippen LogP contribution in [-0.4, -0.2) is 18.4 Å². The molecule has 0 aliphatic rings. The van der Waals surface area contributed by atoms with Gasteiger partial charge in [0.15, 0.2) is 11.5 Å². The quantitative estimate of drug-likeness (QED) is 0.708. The Hall–Kier alpha value is -2.81. The van der Waals surface area contributed by atoms with Gasteiger partial charge in [0.25, 0.3) is 0 Å². The molecule has 3 rings (SSSR count). The van der Waals surface area contributed by atoms with Crippen LogP contribution in [-0.2, 0) is 0 Å². The summed E-state index contributed by atoms with van der Waals surface area (Å²) in [5.74, 6) is 0.565. The maximum atomic E-state index is 10.1. The van der Waals surface area contributed by atoms with Gasteiger partial charge in [0, 0.05) is 11.8 Å². The van der Waals surface area contributed by atoms with Crippen molar-refractivity contribution in [2.24, 2.45) is 4.99 Å². The third kappa shape index (κ3) is 3.04. The summed E-state index contributed by atoms with van der Waals surface area (Å²) in [4.78, 5) is 4.61. The average Bonchev–Trinajstić information content (AvgIpc) is 2.60. The van der Waals surface area contributed by atoms with Crippen LogP contribution >= 0.6 is 0 Å². The Labute approximate surface area is 135 Å². The van der Waals surface area contributed by atoms with Gasteiger partial charge >= 0.3 is 0 Å². The lowest BCUT2D eigenvalue weighted by atomic mass is 10.00. The van der Waals surface area contributed by atoms with E-state index in [2.05, 4.69) is 36.2 Å². The molecule has 0 saturated carbocycles. The van der Waals surface area contributed by atoms with Gasteiger partial charge in [-0.3, -0.25) is 4.99 Å². The first-order valence-corrected chi connectivity index (χ1v) is 7.57. The molecule has 1 atom stereocenters. The number of phenols is 1. The largest absolute Gasteiger partial charge is 0.504 e. The number of para-hydroxylation sites is 1. The monoisotopic (exact) mass is 305 g/mol. The maximum absolute atomic E-state index is 10.1. The number of hydrogen-bond donors (Lipinski definition) is 1. The highest BCUT2D eigenvalue weighted by molar-refractivity contribution is 5.87. The SMILES string of the molecule is COc1cccc(/C=N\[C@H](C)c2cccc3ccccc23)c1O. The molecule has 3 aromatic carbocycles. The van der Waals surface area contributed by atoms with Crippen molar-refractivity contribution in [3.8, 4) is 11.5 Å². The number of hydrogen-bond acceptors (Lipinski definition) is 3. The van der Waals surface area contributed by atoms with Gasteiger partial charge in [-0.15, -0.1) is 0 Å². The second-order valence-corrected chi connectivity index (χ2v) is 5.42. The van der Waals surface area contributed by atoms with Crippen molar-refractivity contribution < 1.29 is 9.84 Å². The standard InChI is InChI=1S/C20H19NO2/c1-14(17-11-5-8-15-7-3-4-10-18(15)17)21-13-16-9-6-12-19(23-2)20(16)22/h3-14,22H,1-2H3/b21-13-/t14-/m1/s1. The van der Waals surface area contributed by atoms with E-state index in [0.717, 1.165) is 0 Å². The van der Waals surface area contributed by atoms with Crippen molar-refractivity contribution in [3.63, 3.8) is 0 Å². The van der Waals surface area contributed by atoms with Crippen LogP contribution in [0.4, 0.5) is 0 Å². The molecule has 0 saturated heterocycles. The number of methoxy groups -OCH3 is 1. The van der Waals surface area contributed by atoms with Crippen LogP contribution in [0, 0.1) is 0 Å². The Kier molecular flexibility index (Phi) is 4.29. The van der Waals surface area contributed by atoms with Crippen molar-refractivity contribution in [1.82, 2.24) is 0 Å². The molecule has 0 amide bonds. The van der Waals surface area contributed by atoms with E-state index in [0.29, 0.717) is 11.3 Å². The molecule has 0 fully saturated rings. The lowest BCUT2D eigenvalue weighted by Gasteiger charge is -2.11. The summed E-state index contributed by atoms with van der Waals surface area (Å²) in [6, 6.07) is 19.9. The Morgan fingerprint density at radius 2 is 1.74 bits per heavy atom. The molecule has 0 unspecified atom stereocenters. The molecule has 0 aromatic heterocycles. The van der Waals surface area contributed by atoms with Crippen LogP contribution in [0.3, 0.4) is 0 Å². The fourth-order valence-corrected chi connectivity index (χ4v) is 2.70. The molecule has 1 N–H and O–H groups in total. The zero-order chi connectivity index (χ0) is 16.2. The van der Waals surface area contributed by atoms with Crippen LogP contribution < -0.4 is 4.74 Å². The summed E-state index contributed by atoms with van der Waals surface area (Å²) in [5.41, 5.74) is 1.82. The highest BCUT2D eigenvalue weighted by Crippen LogP contribution is 2.30. The van der Waals surface area contributed by atoms with Gasteiger partial charge in [0.2, 0.25) is 0 Å². The van der Waals surface area contributed by atoms with Crippen LogP contribution in [0.2, 0.25) is 0 Å². The number of rotatable bonds is 4. The predicted molar refractivity (Wildman–Crippen MR) is 94.6 cm³/mol. The zero-order valence-electron chi connectivity index (χ0n) is 13.2. The Balaban J connectivity index is 1.93. The van der Waals surface area contributed by atoms with E-state index in [1.165, 1.54) is 23.4 Å². The van der Waals surface area contributed by atoms with Gasteiger partial charge < -0.3 is 9.84 Å². The second kappa shape index (κ2) is 6.53. The summed E-state index contributed by atoms with van der Waals surface area (Å²) in [5, 5.41) is 12.5. The van der Waals surface area contributed by atoms with E-state index in [1.54, 1.807) is 12.3 Å². The summed E-state index contributed by atoms with van der Waals surface area (Å²) >= 11 is 0. The van der Waals surface area contributed by atoms with E-state index in [-0.39, 0.29) is 11.8 Å². The third-order valence-electron chi connectivity index (χ3n) is 3.96. The van der Waals surface area contributed by atoms with Gasteiger partial charge in [0.05, 0.1) is 13.2 Å². The first-order chi connectivity index (χ1) is 11.2. The number of ether oxygens (including phenoxy) is 1. The average molecular weight is 305 g/mol. The maximum Gasteiger partial charge on any atom is 0.166 e. The molecule has 0 radical (unpaired) electrons. The lowest BCUT2D eigenvalue weighted by Crippen LogP contribution is -1.94. The highest BCUT2D eigenvalue weighted by Gasteiger charge is 2.09. The van der Waals surface area contributed by atoms with Gasteiger partial charge in [-0.2, -0.15) is 0 Å². The summed E-state index contributed by atoms with van der Waals surface area (Å²) in [6.07, 6.45) is 1.70. The van der Waals surface area contributed by atoms with Gasteiger partial charge in [-0.05, 0) is 35.4 Å². The summed E-state index contributed by atoms with van der Waals surface area (Å²) in [7, 11) is 1.54. The molecule has 3 heteroatoms. The Morgan fingerprint density at radius 3 is 2.57 bits per heavy atom. The molecular formula is C20H19NO2. The number of phenolic OH excluding ortho intramolecular Hbond substituents is 1. The van der Waals surface area contributed by atoms with Crippen LogP contribution in [0.25, 0.3) is 10.8 Å². The van der Waals surface area contributed by atoms with Crippen molar-refractivity contribution in [3.05, 3.63) is 71.8 Å². The molecule has 0 bridgehead atoms. The predicted octanol–water partition coefficient (Wildman–Crippen LogP) is 4.73. The summed E-state index contributed by atoms with van der Waals surface area (Å²) < 4.78 is 5.12. The minimum absolute atomic E-state index is 0.00768. The first kappa shape index (κ1) is 15.1. The second-order valence-electron chi connectivity index (χ2n) is 5.42. The van der Waals surface area contributed by atoms with E-state index >= 15 is 0 Å². The first-order valence-electron chi connectivity index (χ1n) is 7.57. The topological polar surface area (TPSA) is 41.8 Å². The van der Waals surface area contributed by atoms with Crippen molar-refractivity contribution >= 4 is 17.0 Å². The fraction of sp³-hybridized carbons (Fsp3) is 0.150. The van der Waals surface area contributed by atoms with Crippen molar-refractivity contribution in [2.75, 3.05) is 7.11 Å². The number of aromatic hydroxyl groups is 1. The van der Waals surface area contributed by atoms with Crippen LogP contribution in [0.15, 0.2) is 65.7 Å². The van der Waals surface area contributed by atoms with E-state index < -0.39 is 0 Å². The molecule has 0 heterocycles. The smallest absolute Gasteiger partial charge is 0.166 e. The normalized spacial score (nSPS) is 12.6. The third-order valence-corrected chi connectivity index (χ3v) is 3.96. The molecule has 0 aliphatic carbocycles. The summed E-state index contributed by atoms with van der Waals surface area (Å²) in [6.45, 7) is 2.05. The molecule has 23 heavy (non-hydrogen) atoms. The van der Waals surface area contributed by atoms with Crippen LogP contribution in [0.1, 0.15) is 24.1 Å². The minimum Gasteiger partial charge on any atom is -0.504 e. The molecule has 116 valence electrons. The fourth-order valence-electron chi connectivity index (χ4n) is 2.70. The lowest BCUT2D eigenvalue weighted by molar-refractivity contribution is 0.373. The molecule has 0 aliphatic heterocycles. The molecule has 3 nitrogen and oxygen atoms in total. The van der Waals surface area contributed by atoms with Gasteiger partial charge in [-0.25, -0.2) is 0 Å². The molecule has 3 aromatic rings. The van der Waals surface area contributed by atoms with E-state index in [1.807, 2.05) is 30.3 Å². The van der Waals surface area contributed by atoms with Crippen molar-refractivity contribution in [1.29, 1.82) is 0 Å². The van der Waals surface area contributed by atoms with Crippen LogP contribution in [0.5, 0.6) is 11.5 Å². The minimum atomic E-state index is -0.00768. The van der Waals surface area contributed by atoms with Crippen molar-refractivity contribution in [2.45, 2.75) is 13.0 Å². The van der Waals surface area contributed by atoms with E-state index in [4.69, 9.17) is 4.74 Å². The Morgan fingerprint density at radius 1 is 1.00 bits per heavy atom. The highest BCUT2D eigenvalue weighted by atomic mass is 16.5. The van der Waals surface area contributed by atoms with Gasteiger partial charge in [0.1, 0.15) is 0 Å². The number of fused-ring (bicyclic) bond motifs is 1. The molecule has 0 spiro atoms. The molecular weight excluding hydrogens is 286 g/mol. The number of aliphatic imine (C=N–C) groups is 1. The van der Waals surface area contributed by atoms with Gasteiger partial charge in [-0.1, -0.05) is 48.5 Å². The zero-order valence-corrected chi connectivity index (χ0v) is 13.2. The number of benzene rings is 3.